The van der Waals surface area contributed by atoms with Crippen molar-refractivity contribution in [2.24, 2.45) is 0 Å². The quantitative estimate of drug-likeness (QED) is 0.627. The third-order valence-corrected chi connectivity index (χ3v) is 4.84. The molecular formula is C18H17NO2S. The van der Waals surface area contributed by atoms with Crippen LogP contribution in [0.15, 0.2) is 65.6 Å². The second-order valence-corrected chi connectivity index (χ2v) is 6.65. The minimum Gasteiger partial charge on any atom is -0.221 e. The van der Waals surface area contributed by atoms with Crippen molar-refractivity contribution >= 4 is 16.1 Å². The van der Waals surface area contributed by atoms with Crippen molar-refractivity contribution in [2.75, 3.05) is 6.54 Å². The molecule has 0 unspecified atom stereocenters. The summed E-state index contributed by atoms with van der Waals surface area (Å²) in [5, 5.41) is 0. The van der Waals surface area contributed by atoms with Crippen molar-refractivity contribution in [3.63, 3.8) is 0 Å². The van der Waals surface area contributed by atoms with E-state index in [1.165, 1.54) is 0 Å². The Labute approximate surface area is 132 Å². The molecule has 0 saturated heterocycles. The zero-order valence-electron chi connectivity index (χ0n) is 12.3. The van der Waals surface area contributed by atoms with Crippen LogP contribution >= 0.6 is 0 Å². The Morgan fingerprint density at radius 3 is 2.32 bits per heavy atom. The van der Waals surface area contributed by atoms with Gasteiger partial charge in [0, 0.05) is 6.04 Å². The van der Waals surface area contributed by atoms with Crippen molar-refractivity contribution in [1.82, 2.24) is 4.31 Å². The summed E-state index contributed by atoms with van der Waals surface area (Å²) in [5.74, 6) is 0. The molecule has 0 aliphatic heterocycles. The van der Waals surface area contributed by atoms with Crippen molar-refractivity contribution in [2.45, 2.75) is 11.8 Å². The molecule has 0 saturated carbocycles. The zero-order valence-corrected chi connectivity index (χ0v) is 13.1. The van der Waals surface area contributed by atoms with Gasteiger partial charge in [-0.05, 0) is 24.6 Å². The molecule has 0 bridgehead atoms. The van der Waals surface area contributed by atoms with E-state index in [1.807, 2.05) is 43.3 Å². The highest BCUT2D eigenvalue weighted by Crippen LogP contribution is 2.16. The summed E-state index contributed by atoms with van der Waals surface area (Å²) >= 11 is 0. The van der Waals surface area contributed by atoms with Gasteiger partial charge in [-0.1, -0.05) is 66.6 Å². The minimum atomic E-state index is -3.68. The van der Waals surface area contributed by atoms with Crippen LogP contribution in [0.2, 0.25) is 0 Å². The first kappa shape index (κ1) is 15.9. The number of nitrogens with zero attached hydrogens (tertiary/aromatic N) is 1. The predicted octanol–water partition coefficient (Wildman–Crippen LogP) is 3.29. The van der Waals surface area contributed by atoms with Crippen LogP contribution in [0.3, 0.4) is 0 Å². The van der Waals surface area contributed by atoms with Crippen LogP contribution in [0.4, 0.5) is 0 Å². The average molecular weight is 311 g/mol. The molecule has 2 aromatic rings. The van der Waals surface area contributed by atoms with E-state index in [2.05, 4.69) is 6.04 Å². The number of sulfonamides is 1. The molecule has 2 rings (SSSR count). The fraction of sp³-hybridized carbons (Fsp3) is 0.111. The second-order valence-electron chi connectivity index (χ2n) is 4.79. The molecule has 0 spiro atoms. The van der Waals surface area contributed by atoms with E-state index < -0.39 is 10.0 Å². The summed E-state index contributed by atoms with van der Waals surface area (Å²) in [6.45, 7) is 2.03. The molecule has 0 aromatic heterocycles. The first-order valence-corrected chi connectivity index (χ1v) is 8.25. The molecule has 0 fully saturated rings. The molecule has 0 heterocycles. The van der Waals surface area contributed by atoms with E-state index in [0.29, 0.717) is 0 Å². The van der Waals surface area contributed by atoms with Crippen molar-refractivity contribution in [3.05, 3.63) is 71.8 Å². The summed E-state index contributed by atoms with van der Waals surface area (Å²) in [5.41, 5.74) is 1.99. The van der Waals surface area contributed by atoms with Crippen LogP contribution in [-0.2, 0) is 10.0 Å². The van der Waals surface area contributed by atoms with E-state index in [9.17, 15) is 8.42 Å². The van der Waals surface area contributed by atoms with Gasteiger partial charge in [-0.2, -0.15) is 0 Å². The van der Waals surface area contributed by atoms with Crippen LogP contribution in [-0.4, -0.2) is 19.3 Å². The van der Waals surface area contributed by atoms with Crippen LogP contribution in [0, 0.1) is 19.4 Å². The number of hydrogen-bond donors (Lipinski definition) is 0. The summed E-state index contributed by atoms with van der Waals surface area (Å²) in [4.78, 5) is 0.198. The van der Waals surface area contributed by atoms with E-state index >= 15 is 0 Å². The van der Waals surface area contributed by atoms with Crippen molar-refractivity contribution < 1.29 is 8.42 Å². The maximum atomic E-state index is 12.5. The number of benzene rings is 2. The lowest BCUT2D eigenvalue weighted by atomic mass is 10.2. The highest BCUT2D eigenvalue weighted by molar-refractivity contribution is 7.89. The maximum absolute atomic E-state index is 12.5. The van der Waals surface area contributed by atoms with Gasteiger partial charge in [0.15, 0.2) is 0 Å². The first-order valence-electron chi connectivity index (χ1n) is 6.81. The van der Waals surface area contributed by atoms with Gasteiger partial charge in [0.25, 0.3) is 10.0 Å². The molecule has 0 amide bonds. The third kappa shape index (κ3) is 3.78. The number of aryl methyl sites for hydroxylation is 1. The van der Waals surface area contributed by atoms with Gasteiger partial charge in [0.2, 0.25) is 0 Å². The lowest BCUT2D eigenvalue weighted by molar-refractivity contribution is 0.533. The van der Waals surface area contributed by atoms with Crippen LogP contribution in [0.25, 0.3) is 6.08 Å². The van der Waals surface area contributed by atoms with Gasteiger partial charge >= 0.3 is 0 Å². The molecule has 3 nitrogen and oxygen atoms in total. The molecule has 0 aliphatic carbocycles. The maximum Gasteiger partial charge on any atom is 0.271 e. The van der Waals surface area contributed by atoms with Gasteiger partial charge in [0.1, 0.15) is 0 Å². The van der Waals surface area contributed by atoms with Gasteiger partial charge < -0.3 is 0 Å². The Kier molecular flexibility index (Phi) is 5.03. The lowest BCUT2D eigenvalue weighted by Gasteiger charge is -2.16. The van der Waals surface area contributed by atoms with Crippen LogP contribution in [0.1, 0.15) is 11.1 Å². The fourth-order valence-electron chi connectivity index (χ4n) is 1.91. The van der Waals surface area contributed by atoms with Gasteiger partial charge in [-0.25, -0.2) is 12.7 Å². The highest BCUT2D eigenvalue weighted by Gasteiger charge is 2.20. The van der Waals surface area contributed by atoms with Crippen molar-refractivity contribution in [1.29, 1.82) is 0 Å². The lowest BCUT2D eigenvalue weighted by Crippen LogP contribution is -2.26. The molecule has 2 aromatic carbocycles. The summed E-state index contributed by atoms with van der Waals surface area (Å²) < 4.78 is 25.9. The highest BCUT2D eigenvalue weighted by atomic mass is 32.2. The van der Waals surface area contributed by atoms with Gasteiger partial charge in [-0.3, -0.25) is 0 Å². The molecule has 22 heavy (non-hydrogen) atoms. The number of hydrogen-bond acceptors (Lipinski definition) is 2. The largest absolute Gasteiger partial charge is 0.271 e. The van der Waals surface area contributed by atoms with E-state index in [4.69, 9.17) is 6.42 Å². The fourth-order valence-corrected chi connectivity index (χ4v) is 3.06. The normalized spacial score (nSPS) is 11.3. The molecule has 0 aliphatic rings. The van der Waals surface area contributed by atoms with Crippen molar-refractivity contribution in [3.8, 4) is 12.5 Å². The first-order chi connectivity index (χ1) is 10.5. The second kappa shape index (κ2) is 6.97. The zero-order chi connectivity index (χ0) is 16.0. The predicted molar refractivity (Wildman–Crippen MR) is 89.4 cm³/mol. The van der Waals surface area contributed by atoms with E-state index in [0.717, 1.165) is 15.4 Å². The van der Waals surface area contributed by atoms with Gasteiger partial charge in [-0.15, -0.1) is 0 Å². The minimum absolute atomic E-state index is 0.127. The Morgan fingerprint density at radius 2 is 1.73 bits per heavy atom. The Hall–Kier alpha value is -2.51. The van der Waals surface area contributed by atoms with E-state index in [-0.39, 0.29) is 11.4 Å². The summed E-state index contributed by atoms with van der Waals surface area (Å²) in [6, 6.07) is 18.5. The Balaban J connectivity index is 2.16. The molecule has 0 radical (unpaired) electrons. The monoisotopic (exact) mass is 311 g/mol. The molecule has 112 valence electrons. The number of rotatable bonds is 5. The molecular weight excluding hydrogens is 294 g/mol. The smallest absolute Gasteiger partial charge is 0.221 e. The third-order valence-electron chi connectivity index (χ3n) is 3.13. The Morgan fingerprint density at radius 1 is 1.09 bits per heavy atom. The summed E-state index contributed by atoms with van der Waals surface area (Å²) in [7, 11) is -3.68. The van der Waals surface area contributed by atoms with Gasteiger partial charge in [0.05, 0.1) is 11.4 Å². The SMILES string of the molecule is C#CN(C/C=C/c1ccccc1)S(=O)(=O)c1ccc(C)cc1. The average Bonchev–Trinajstić information content (AvgIpc) is 2.53. The van der Waals surface area contributed by atoms with E-state index in [1.54, 1.807) is 30.3 Å². The summed E-state index contributed by atoms with van der Waals surface area (Å²) in [6.07, 6.45) is 8.95. The number of terminal acetylenes is 1. The standard InChI is InChI=1S/C18H17NO2S/c1-3-19(15-7-10-17-8-5-4-6-9-17)22(20,21)18-13-11-16(2)12-14-18/h1,4-14H,15H2,2H3/b10-7+. The van der Waals surface area contributed by atoms with Crippen LogP contribution < -0.4 is 0 Å². The molecule has 0 atom stereocenters. The topological polar surface area (TPSA) is 37.4 Å². The van der Waals surface area contributed by atoms with Crippen LogP contribution in [0.5, 0.6) is 0 Å². The Bertz CT molecular complexity index is 785. The molecule has 4 heteroatoms. The molecule has 0 N–H and O–H groups in total.